The zero-order valence-corrected chi connectivity index (χ0v) is 11.0. The number of aromatic nitrogens is 2. The topological polar surface area (TPSA) is 80.0 Å². The van der Waals surface area contributed by atoms with E-state index in [1.807, 2.05) is 20.8 Å². The van der Waals surface area contributed by atoms with Crippen molar-refractivity contribution < 1.29 is 9.32 Å². The molecule has 0 saturated heterocycles. The lowest BCUT2D eigenvalue weighted by molar-refractivity contribution is -0.124. The number of carbonyl (C=O) groups is 1. The first kappa shape index (κ1) is 13.6. The molecule has 1 unspecified atom stereocenters. The molecule has 17 heavy (non-hydrogen) atoms. The van der Waals surface area contributed by atoms with Crippen molar-refractivity contribution in [2.45, 2.75) is 52.7 Å². The van der Waals surface area contributed by atoms with Crippen molar-refractivity contribution in [1.82, 2.24) is 20.8 Å². The summed E-state index contributed by atoms with van der Waals surface area (Å²) < 4.78 is 4.84. The highest BCUT2D eigenvalue weighted by Gasteiger charge is 2.19. The third kappa shape index (κ3) is 4.95. The van der Waals surface area contributed by atoms with Gasteiger partial charge in [0.25, 0.3) is 0 Å². The number of rotatable bonds is 4. The third-order valence-corrected chi connectivity index (χ3v) is 2.03. The van der Waals surface area contributed by atoms with Crippen molar-refractivity contribution in [3.8, 4) is 0 Å². The van der Waals surface area contributed by atoms with E-state index in [0.717, 1.165) is 0 Å². The molecule has 0 saturated carbocycles. The second kappa shape index (κ2) is 5.27. The van der Waals surface area contributed by atoms with Gasteiger partial charge in [-0.1, -0.05) is 5.16 Å². The maximum atomic E-state index is 11.7. The van der Waals surface area contributed by atoms with Gasteiger partial charge in [0.15, 0.2) is 5.82 Å². The molecule has 1 aromatic rings. The third-order valence-electron chi connectivity index (χ3n) is 2.03. The molecule has 0 aromatic carbocycles. The molecule has 0 bridgehead atoms. The Balaban J connectivity index is 2.39. The number of aryl methyl sites for hydroxylation is 1. The lowest BCUT2D eigenvalue weighted by Gasteiger charge is -2.23. The lowest BCUT2D eigenvalue weighted by atomic mass is 10.1. The molecular weight excluding hydrogens is 220 g/mol. The SMILES string of the molecule is Cc1nc(CNC(C)C(=O)NC(C)(C)C)no1. The van der Waals surface area contributed by atoms with Crippen LogP contribution in [-0.2, 0) is 11.3 Å². The summed E-state index contributed by atoms with van der Waals surface area (Å²) in [6.07, 6.45) is 0. The van der Waals surface area contributed by atoms with Crippen LogP contribution in [-0.4, -0.2) is 27.6 Å². The van der Waals surface area contributed by atoms with Gasteiger partial charge in [-0.3, -0.25) is 10.1 Å². The van der Waals surface area contributed by atoms with Crippen molar-refractivity contribution in [2.24, 2.45) is 0 Å². The lowest BCUT2D eigenvalue weighted by Crippen LogP contribution is -2.49. The van der Waals surface area contributed by atoms with Crippen molar-refractivity contribution in [3.05, 3.63) is 11.7 Å². The predicted octanol–water partition coefficient (Wildman–Crippen LogP) is 0.771. The number of amides is 1. The number of hydrogen-bond acceptors (Lipinski definition) is 5. The average molecular weight is 240 g/mol. The molecule has 1 atom stereocenters. The molecule has 2 N–H and O–H groups in total. The highest BCUT2D eigenvalue weighted by Crippen LogP contribution is 2.00. The van der Waals surface area contributed by atoms with E-state index in [0.29, 0.717) is 18.3 Å². The van der Waals surface area contributed by atoms with Crippen LogP contribution in [0.1, 0.15) is 39.4 Å². The molecule has 0 aliphatic carbocycles. The molecule has 0 radical (unpaired) electrons. The minimum Gasteiger partial charge on any atom is -0.350 e. The predicted molar refractivity (Wildman–Crippen MR) is 63.2 cm³/mol. The fourth-order valence-electron chi connectivity index (χ4n) is 1.23. The van der Waals surface area contributed by atoms with Gasteiger partial charge in [-0.2, -0.15) is 4.98 Å². The minimum absolute atomic E-state index is 0.0438. The Morgan fingerprint density at radius 3 is 2.59 bits per heavy atom. The molecule has 6 heteroatoms. The van der Waals surface area contributed by atoms with E-state index in [9.17, 15) is 4.79 Å². The zero-order valence-electron chi connectivity index (χ0n) is 11.0. The van der Waals surface area contributed by atoms with Crippen LogP contribution in [0.25, 0.3) is 0 Å². The van der Waals surface area contributed by atoms with Crippen LogP contribution in [0.2, 0.25) is 0 Å². The largest absolute Gasteiger partial charge is 0.350 e. The summed E-state index contributed by atoms with van der Waals surface area (Å²) in [6.45, 7) is 9.77. The molecular formula is C11H20N4O2. The maximum Gasteiger partial charge on any atom is 0.237 e. The van der Waals surface area contributed by atoms with Gasteiger partial charge in [0.2, 0.25) is 11.8 Å². The van der Waals surface area contributed by atoms with Crippen molar-refractivity contribution in [1.29, 1.82) is 0 Å². The fraction of sp³-hybridized carbons (Fsp3) is 0.727. The Kier molecular flexibility index (Phi) is 4.22. The van der Waals surface area contributed by atoms with Crippen LogP contribution in [0.5, 0.6) is 0 Å². The highest BCUT2D eigenvalue weighted by molar-refractivity contribution is 5.81. The minimum atomic E-state index is -0.298. The Morgan fingerprint density at radius 1 is 1.47 bits per heavy atom. The van der Waals surface area contributed by atoms with Crippen LogP contribution in [0.3, 0.4) is 0 Å². The van der Waals surface area contributed by atoms with Gasteiger partial charge >= 0.3 is 0 Å². The van der Waals surface area contributed by atoms with Crippen molar-refractivity contribution >= 4 is 5.91 Å². The quantitative estimate of drug-likeness (QED) is 0.812. The maximum absolute atomic E-state index is 11.7. The Bertz CT molecular complexity index is 381. The van der Waals surface area contributed by atoms with Crippen LogP contribution in [0, 0.1) is 6.92 Å². The van der Waals surface area contributed by atoms with Gasteiger partial charge < -0.3 is 9.84 Å². The van der Waals surface area contributed by atoms with E-state index in [1.165, 1.54) is 0 Å². The Morgan fingerprint density at radius 2 is 2.12 bits per heavy atom. The number of nitrogens with one attached hydrogen (secondary N) is 2. The number of hydrogen-bond donors (Lipinski definition) is 2. The van der Waals surface area contributed by atoms with Gasteiger partial charge in [0.05, 0.1) is 12.6 Å². The molecule has 1 rings (SSSR count). The fourth-order valence-corrected chi connectivity index (χ4v) is 1.23. The van der Waals surface area contributed by atoms with E-state index in [1.54, 1.807) is 13.8 Å². The zero-order chi connectivity index (χ0) is 13.1. The summed E-state index contributed by atoms with van der Waals surface area (Å²) in [6, 6.07) is -0.298. The summed E-state index contributed by atoms with van der Waals surface area (Å²) >= 11 is 0. The van der Waals surface area contributed by atoms with Crippen LogP contribution in [0.4, 0.5) is 0 Å². The van der Waals surface area contributed by atoms with Gasteiger partial charge in [-0.15, -0.1) is 0 Å². The first-order chi connectivity index (χ1) is 7.78. The average Bonchev–Trinajstić information content (AvgIpc) is 2.58. The monoisotopic (exact) mass is 240 g/mol. The summed E-state index contributed by atoms with van der Waals surface area (Å²) in [5.41, 5.74) is -0.226. The normalized spacial score (nSPS) is 13.5. The molecule has 1 heterocycles. The molecule has 1 aromatic heterocycles. The van der Waals surface area contributed by atoms with E-state index >= 15 is 0 Å². The van der Waals surface area contributed by atoms with Gasteiger partial charge in [0, 0.05) is 12.5 Å². The van der Waals surface area contributed by atoms with Crippen molar-refractivity contribution in [2.75, 3.05) is 0 Å². The molecule has 0 fully saturated rings. The summed E-state index contributed by atoms with van der Waals surface area (Å²) in [4.78, 5) is 15.8. The standard InChI is InChI=1S/C11H20N4O2/c1-7(10(16)14-11(3,4)5)12-6-9-13-8(2)17-15-9/h7,12H,6H2,1-5H3,(H,14,16). The van der Waals surface area contributed by atoms with E-state index in [4.69, 9.17) is 4.52 Å². The van der Waals surface area contributed by atoms with E-state index in [2.05, 4.69) is 20.8 Å². The Hall–Kier alpha value is -1.43. The second-order valence-corrected chi connectivity index (χ2v) is 5.07. The van der Waals surface area contributed by atoms with Gasteiger partial charge in [-0.25, -0.2) is 0 Å². The summed E-state index contributed by atoms with van der Waals surface area (Å²) in [5, 5.41) is 9.67. The number of nitrogens with zero attached hydrogens (tertiary/aromatic N) is 2. The highest BCUT2D eigenvalue weighted by atomic mass is 16.5. The molecule has 1 amide bonds. The molecule has 0 spiro atoms. The Labute approximate surface area is 101 Å². The van der Waals surface area contributed by atoms with E-state index < -0.39 is 0 Å². The smallest absolute Gasteiger partial charge is 0.237 e. The first-order valence-electron chi connectivity index (χ1n) is 5.62. The van der Waals surface area contributed by atoms with Gasteiger partial charge in [0.1, 0.15) is 0 Å². The van der Waals surface area contributed by atoms with E-state index in [-0.39, 0.29) is 17.5 Å². The molecule has 0 aliphatic heterocycles. The van der Waals surface area contributed by atoms with Crippen molar-refractivity contribution in [3.63, 3.8) is 0 Å². The van der Waals surface area contributed by atoms with Crippen LogP contribution in [0.15, 0.2) is 4.52 Å². The molecule has 0 aliphatic rings. The molecule has 6 nitrogen and oxygen atoms in total. The molecule has 96 valence electrons. The van der Waals surface area contributed by atoms with Gasteiger partial charge in [-0.05, 0) is 27.7 Å². The summed E-state index contributed by atoms with van der Waals surface area (Å²) in [5.74, 6) is 1.03. The van der Waals surface area contributed by atoms with Crippen LogP contribution >= 0.6 is 0 Å². The summed E-state index contributed by atoms with van der Waals surface area (Å²) in [7, 11) is 0. The van der Waals surface area contributed by atoms with Crippen LogP contribution < -0.4 is 10.6 Å². The number of carbonyl (C=O) groups excluding carboxylic acids is 1. The first-order valence-corrected chi connectivity index (χ1v) is 5.62. The second-order valence-electron chi connectivity index (χ2n) is 5.07.